The standard InChI is InChI=1S/C16H20N2/c1-3-8-17-11-14-7-6-13(2)16(10-14)15-5-4-9-18-12-15/h4-7,9-10,12,17H,3,8,11H2,1-2H3. The molecule has 2 aromatic rings. The Kier molecular flexibility index (Phi) is 4.48. The minimum absolute atomic E-state index is 0.932. The number of benzene rings is 1. The van der Waals surface area contributed by atoms with Crippen LogP contribution in [-0.2, 0) is 6.54 Å². The molecule has 0 saturated heterocycles. The Hall–Kier alpha value is -1.67. The van der Waals surface area contributed by atoms with E-state index in [1.807, 2.05) is 18.5 Å². The molecular weight excluding hydrogens is 220 g/mol. The Balaban J connectivity index is 2.22. The lowest BCUT2D eigenvalue weighted by molar-refractivity contribution is 0.675. The van der Waals surface area contributed by atoms with Crippen LogP contribution in [0, 0.1) is 6.92 Å². The number of hydrogen-bond acceptors (Lipinski definition) is 2. The Bertz CT molecular complexity index is 492. The second-order valence-corrected chi connectivity index (χ2v) is 4.57. The molecule has 1 heterocycles. The van der Waals surface area contributed by atoms with E-state index in [0.29, 0.717) is 0 Å². The van der Waals surface area contributed by atoms with E-state index in [0.717, 1.165) is 13.1 Å². The Labute approximate surface area is 109 Å². The molecule has 2 heteroatoms. The third-order valence-electron chi connectivity index (χ3n) is 3.03. The average molecular weight is 240 g/mol. The van der Waals surface area contributed by atoms with Gasteiger partial charge < -0.3 is 5.32 Å². The van der Waals surface area contributed by atoms with Crippen LogP contribution in [0.15, 0.2) is 42.7 Å². The topological polar surface area (TPSA) is 24.9 Å². The second kappa shape index (κ2) is 6.31. The number of rotatable bonds is 5. The molecule has 0 radical (unpaired) electrons. The molecule has 2 nitrogen and oxygen atoms in total. The Morgan fingerprint density at radius 2 is 2.11 bits per heavy atom. The molecule has 0 amide bonds. The molecule has 0 spiro atoms. The molecular formula is C16H20N2. The van der Waals surface area contributed by atoms with Crippen molar-refractivity contribution in [3.8, 4) is 11.1 Å². The number of aryl methyl sites for hydroxylation is 1. The molecule has 0 bridgehead atoms. The van der Waals surface area contributed by atoms with Gasteiger partial charge in [-0.2, -0.15) is 0 Å². The van der Waals surface area contributed by atoms with E-state index in [2.05, 4.69) is 48.4 Å². The SMILES string of the molecule is CCCNCc1ccc(C)c(-c2cccnc2)c1. The monoisotopic (exact) mass is 240 g/mol. The van der Waals surface area contributed by atoms with Crippen LogP contribution in [0.25, 0.3) is 11.1 Å². The van der Waals surface area contributed by atoms with Crippen molar-refractivity contribution in [1.82, 2.24) is 10.3 Å². The molecule has 1 aromatic heterocycles. The van der Waals surface area contributed by atoms with Gasteiger partial charge in [0.2, 0.25) is 0 Å². The quantitative estimate of drug-likeness (QED) is 0.808. The highest BCUT2D eigenvalue weighted by Crippen LogP contribution is 2.23. The summed E-state index contributed by atoms with van der Waals surface area (Å²) in [6.45, 7) is 6.33. The first kappa shape index (κ1) is 12.8. The maximum Gasteiger partial charge on any atom is 0.0346 e. The van der Waals surface area contributed by atoms with Crippen LogP contribution < -0.4 is 5.32 Å². The van der Waals surface area contributed by atoms with Crippen molar-refractivity contribution in [3.05, 3.63) is 53.9 Å². The lowest BCUT2D eigenvalue weighted by atomic mass is 9.99. The summed E-state index contributed by atoms with van der Waals surface area (Å²) >= 11 is 0. The van der Waals surface area contributed by atoms with E-state index in [-0.39, 0.29) is 0 Å². The van der Waals surface area contributed by atoms with Crippen molar-refractivity contribution < 1.29 is 0 Å². The van der Waals surface area contributed by atoms with Crippen LogP contribution in [0.1, 0.15) is 24.5 Å². The summed E-state index contributed by atoms with van der Waals surface area (Å²) in [6, 6.07) is 10.7. The van der Waals surface area contributed by atoms with Crippen LogP contribution >= 0.6 is 0 Å². The molecule has 0 saturated carbocycles. The molecule has 94 valence electrons. The summed E-state index contributed by atoms with van der Waals surface area (Å²) in [7, 11) is 0. The van der Waals surface area contributed by atoms with Gasteiger partial charge in [-0.1, -0.05) is 25.1 Å². The molecule has 0 aliphatic rings. The highest BCUT2D eigenvalue weighted by molar-refractivity contribution is 5.66. The van der Waals surface area contributed by atoms with Crippen LogP contribution in [0.2, 0.25) is 0 Å². The third kappa shape index (κ3) is 3.17. The van der Waals surface area contributed by atoms with E-state index in [1.165, 1.54) is 28.7 Å². The summed E-state index contributed by atoms with van der Waals surface area (Å²) in [5.41, 5.74) is 5.08. The van der Waals surface area contributed by atoms with Gasteiger partial charge in [-0.25, -0.2) is 0 Å². The first-order valence-corrected chi connectivity index (χ1v) is 6.52. The maximum atomic E-state index is 4.19. The summed E-state index contributed by atoms with van der Waals surface area (Å²) < 4.78 is 0. The number of pyridine rings is 1. The molecule has 0 aliphatic heterocycles. The van der Waals surface area contributed by atoms with Gasteiger partial charge in [0.05, 0.1) is 0 Å². The van der Waals surface area contributed by atoms with Crippen molar-refractivity contribution in [2.45, 2.75) is 26.8 Å². The zero-order valence-electron chi connectivity index (χ0n) is 11.1. The van der Waals surface area contributed by atoms with E-state index >= 15 is 0 Å². The maximum absolute atomic E-state index is 4.19. The molecule has 1 N–H and O–H groups in total. The Morgan fingerprint density at radius 1 is 1.22 bits per heavy atom. The second-order valence-electron chi connectivity index (χ2n) is 4.57. The molecule has 0 aliphatic carbocycles. The van der Waals surface area contributed by atoms with Crippen LogP contribution in [-0.4, -0.2) is 11.5 Å². The van der Waals surface area contributed by atoms with Crippen LogP contribution in [0.3, 0.4) is 0 Å². The van der Waals surface area contributed by atoms with Gasteiger partial charge in [-0.05, 0) is 48.7 Å². The van der Waals surface area contributed by atoms with Crippen molar-refractivity contribution in [3.63, 3.8) is 0 Å². The zero-order chi connectivity index (χ0) is 12.8. The lowest BCUT2D eigenvalue weighted by Gasteiger charge is -2.09. The fourth-order valence-electron chi connectivity index (χ4n) is 2.02. The summed E-state index contributed by atoms with van der Waals surface area (Å²) in [5, 5.41) is 3.43. The van der Waals surface area contributed by atoms with Gasteiger partial charge in [-0.15, -0.1) is 0 Å². The van der Waals surface area contributed by atoms with E-state index in [9.17, 15) is 0 Å². The van der Waals surface area contributed by atoms with Crippen molar-refractivity contribution in [2.75, 3.05) is 6.54 Å². The fraction of sp³-hybridized carbons (Fsp3) is 0.312. The van der Waals surface area contributed by atoms with E-state index < -0.39 is 0 Å². The molecule has 0 atom stereocenters. The predicted molar refractivity (Wildman–Crippen MR) is 76.4 cm³/mol. The zero-order valence-corrected chi connectivity index (χ0v) is 11.1. The lowest BCUT2D eigenvalue weighted by Crippen LogP contribution is -2.13. The summed E-state index contributed by atoms with van der Waals surface area (Å²) in [6.07, 6.45) is 4.90. The van der Waals surface area contributed by atoms with Gasteiger partial charge >= 0.3 is 0 Å². The summed E-state index contributed by atoms with van der Waals surface area (Å²) in [4.78, 5) is 4.19. The van der Waals surface area contributed by atoms with Crippen LogP contribution in [0.5, 0.6) is 0 Å². The van der Waals surface area contributed by atoms with Gasteiger partial charge in [0.15, 0.2) is 0 Å². The smallest absolute Gasteiger partial charge is 0.0346 e. The van der Waals surface area contributed by atoms with Gasteiger partial charge in [0, 0.05) is 24.5 Å². The minimum atomic E-state index is 0.932. The molecule has 18 heavy (non-hydrogen) atoms. The molecule has 2 rings (SSSR count). The normalized spacial score (nSPS) is 10.6. The number of hydrogen-bond donors (Lipinski definition) is 1. The third-order valence-corrected chi connectivity index (χ3v) is 3.03. The van der Waals surface area contributed by atoms with Crippen LogP contribution in [0.4, 0.5) is 0 Å². The van der Waals surface area contributed by atoms with Crippen molar-refractivity contribution in [2.24, 2.45) is 0 Å². The first-order chi connectivity index (χ1) is 8.81. The number of aromatic nitrogens is 1. The first-order valence-electron chi connectivity index (χ1n) is 6.52. The number of nitrogens with zero attached hydrogens (tertiary/aromatic N) is 1. The fourth-order valence-corrected chi connectivity index (χ4v) is 2.02. The molecule has 0 unspecified atom stereocenters. The van der Waals surface area contributed by atoms with Gasteiger partial charge in [0.1, 0.15) is 0 Å². The highest BCUT2D eigenvalue weighted by atomic mass is 14.8. The number of nitrogens with one attached hydrogen (secondary N) is 1. The highest BCUT2D eigenvalue weighted by Gasteiger charge is 2.03. The average Bonchev–Trinajstić information content (AvgIpc) is 2.42. The van der Waals surface area contributed by atoms with Gasteiger partial charge in [0.25, 0.3) is 0 Å². The van der Waals surface area contributed by atoms with Gasteiger partial charge in [-0.3, -0.25) is 4.98 Å². The predicted octanol–water partition coefficient (Wildman–Crippen LogP) is 3.56. The van der Waals surface area contributed by atoms with Crippen molar-refractivity contribution >= 4 is 0 Å². The molecule has 0 fully saturated rings. The van der Waals surface area contributed by atoms with Crippen molar-refractivity contribution in [1.29, 1.82) is 0 Å². The minimum Gasteiger partial charge on any atom is -0.313 e. The Morgan fingerprint density at radius 3 is 2.83 bits per heavy atom. The van der Waals surface area contributed by atoms with E-state index in [1.54, 1.807) is 0 Å². The largest absolute Gasteiger partial charge is 0.313 e. The van der Waals surface area contributed by atoms with E-state index in [4.69, 9.17) is 0 Å². The molecule has 1 aromatic carbocycles. The summed E-state index contributed by atoms with van der Waals surface area (Å²) in [5.74, 6) is 0.